The first-order valence-corrected chi connectivity index (χ1v) is 13.2. The van der Waals surface area contributed by atoms with Crippen LogP contribution < -0.4 is 9.64 Å². The van der Waals surface area contributed by atoms with E-state index in [0.717, 1.165) is 22.3 Å². The Hall–Kier alpha value is -2.24. The van der Waals surface area contributed by atoms with Gasteiger partial charge in [-0.15, -0.1) is 18.2 Å². The molecule has 39 heavy (non-hydrogen) atoms. The molecule has 2 N–H and O–H groups in total. The van der Waals surface area contributed by atoms with Gasteiger partial charge in [0, 0.05) is 49.5 Å². The normalized spacial score (nSPS) is 15.6. The van der Waals surface area contributed by atoms with Crippen molar-refractivity contribution in [2.45, 2.75) is 87.9 Å². The number of pyridine rings is 1. The summed E-state index contributed by atoms with van der Waals surface area (Å²) in [7, 11) is 0. The Labute approximate surface area is 253 Å². The summed E-state index contributed by atoms with van der Waals surface area (Å²) in [5, 5.41) is 19.5. The molecule has 215 valence electrons. The molecule has 2 unspecified atom stereocenters. The van der Waals surface area contributed by atoms with E-state index in [1.807, 2.05) is 87.6 Å². The standard InChI is InChI=1S/C22H21N2O.C11H24O2.Ir/c1-13-9-10-20-21(16(13)4)25-22-17(7-6-8-19(22)24(20)5)18-11-14(2)15(3)12-23-18;1-10(2,3)8(12)7-9(13)11(4,5)6;/h6,8-12H,1-5H3;8-9,12-13H,7H2,1-6H3;/q-1;;/i5D3;;. The zero-order valence-corrected chi connectivity index (χ0v) is 27.3. The number of hydrogen-bond donors (Lipinski definition) is 2. The Kier molecular flexibility index (Phi) is 9.08. The minimum absolute atomic E-state index is 0. The Balaban J connectivity index is 0.000000377. The number of anilines is 2. The molecule has 1 aliphatic heterocycles. The third kappa shape index (κ3) is 7.49. The average molecular weight is 713 g/mol. The first kappa shape index (κ1) is 28.3. The molecule has 1 radical (unpaired) electrons. The van der Waals surface area contributed by atoms with E-state index < -0.39 is 19.2 Å². The maximum absolute atomic E-state index is 9.76. The molecule has 0 fully saturated rings. The summed E-state index contributed by atoms with van der Waals surface area (Å²) in [6.07, 6.45) is 1.38. The number of fused-ring (bicyclic) bond motifs is 2. The number of aromatic nitrogens is 1. The molecule has 0 spiro atoms. The molecule has 0 saturated heterocycles. The maximum atomic E-state index is 9.76. The van der Waals surface area contributed by atoms with Crippen molar-refractivity contribution < 1.29 is 39.2 Å². The summed E-state index contributed by atoms with van der Waals surface area (Å²) in [6.45, 7) is 17.5. The molecule has 4 rings (SSSR count). The third-order valence-electron chi connectivity index (χ3n) is 7.34. The van der Waals surface area contributed by atoms with Crippen LogP contribution in [0.15, 0.2) is 36.5 Å². The van der Waals surface area contributed by atoms with Gasteiger partial charge in [0.2, 0.25) is 0 Å². The third-order valence-corrected chi connectivity index (χ3v) is 7.34. The number of hydrogen-bond acceptors (Lipinski definition) is 5. The van der Waals surface area contributed by atoms with Crippen molar-refractivity contribution >= 4 is 11.4 Å². The van der Waals surface area contributed by atoms with E-state index in [9.17, 15) is 10.2 Å². The fourth-order valence-electron chi connectivity index (χ4n) is 3.94. The van der Waals surface area contributed by atoms with Crippen molar-refractivity contribution in [3.8, 4) is 22.8 Å². The van der Waals surface area contributed by atoms with Crippen molar-refractivity contribution in [2.75, 3.05) is 11.9 Å². The summed E-state index contributed by atoms with van der Waals surface area (Å²) in [5.41, 5.74) is 6.25. The summed E-state index contributed by atoms with van der Waals surface area (Å²) in [6, 6.07) is 12.3. The van der Waals surface area contributed by atoms with E-state index in [4.69, 9.17) is 8.85 Å². The van der Waals surface area contributed by atoms with Crippen LogP contribution in [0.25, 0.3) is 11.3 Å². The molecule has 6 heteroatoms. The molecule has 2 atom stereocenters. The van der Waals surface area contributed by atoms with Gasteiger partial charge in [0.1, 0.15) is 5.75 Å². The molecule has 2 aromatic carbocycles. The van der Waals surface area contributed by atoms with Gasteiger partial charge in [-0.2, -0.15) is 0 Å². The van der Waals surface area contributed by atoms with Crippen LogP contribution in [0.1, 0.15) is 74.3 Å². The van der Waals surface area contributed by atoms with Gasteiger partial charge in [0.05, 0.1) is 23.6 Å². The second-order valence-electron chi connectivity index (χ2n) is 12.5. The van der Waals surface area contributed by atoms with E-state index in [-0.39, 0.29) is 30.9 Å². The average Bonchev–Trinajstić information content (AvgIpc) is 2.85. The molecular formula is C33H45IrN2O3-. The van der Waals surface area contributed by atoms with Crippen molar-refractivity contribution in [1.29, 1.82) is 0 Å². The van der Waals surface area contributed by atoms with Crippen LogP contribution in [0, 0.1) is 44.6 Å². The quantitative estimate of drug-likeness (QED) is 0.271. The first-order chi connectivity index (χ1) is 18.7. The molecule has 0 saturated carbocycles. The molecule has 5 nitrogen and oxygen atoms in total. The maximum Gasteiger partial charge on any atom is 0.141 e. The summed E-state index contributed by atoms with van der Waals surface area (Å²) in [4.78, 5) is 5.90. The Morgan fingerprint density at radius 2 is 1.49 bits per heavy atom. The van der Waals surface area contributed by atoms with Crippen molar-refractivity contribution in [2.24, 2.45) is 10.8 Å². The second kappa shape index (κ2) is 12.5. The number of ether oxygens (including phenoxy) is 1. The molecule has 1 aromatic heterocycles. The van der Waals surface area contributed by atoms with Crippen LogP contribution in [0.4, 0.5) is 11.4 Å². The number of nitrogens with zero attached hydrogens (tertiary/aromatic N) is 2. The Bertz CT molecular complexity index is 1380. The summed E-state index contributed by atoms with van der Waals surface area (Å²) >= 11 is 0. The molecule has 3 aromatic rings. The Morgan fingerprint density at radius 3 is 2.03 bits per heavy atom. The van der Waals surface area contributed by atoms with Gasteiger partial charge >= 0.3 is 0 Å². The van der Waals surface area contributed by atoms with Crippen LogP contribution in [0.5, 0.6) is 11.5 Å². The van der Waals surface area contributed by atoms with Crippen molar-refractivity contribution in [3.05, 3.63) is 64.8 Å². The predicted molar refractivity (Wildman–Crippen MR) is 158 cm³/mol. The monoisotopic (exact) mass is 713 g/mol. The van der Waals surface area contributed by atoms with Gasteiger partial charge in [0.25, 0.3) is 0 Å². The molecule has 0 bridgehead atoms. The van der Waals surface area contributed by atoms with E-state index in [1.165, 1.54) is 4.90 Å². The predicted octanol–water partition coefficient (Wildman–Crippen LogP) is 7.84. The molecular weight excluding hydrogens is 665 g/mol. The fraction of sp³-hybridized carbons (Fsp3) is 0.485. The van der Waals surface area contributed by atoms with Crippen LogP contribution >= 0.6 is 0 Å². The number of aliphatic hydroxyl groups is 2. The SMILES string of the molecule is CC(C)(C)C(O)CC(O)C(C)(C)C.[2H]C([2H])([2H])N1c2cc[c-]c(-c3cc(C)c(C)cn3)c2Oc2c1ccc(C)c2C.[Ir]. The minimum atomic E-state index is -2.36. The van der Waals surface area contributed by atoms with Gasteiger partial charge in [-0.3, -0.25) is 0 Å². The Morgan fingerprint density at radius 1 is 0.897 bits per heavy atom. The summed E-state index contributed by atoms with van der Waals surface area (Å²) in [5.74, 6) is 1.03. The van der Waals surface area contributed by atoms with E-state index in [0.29, 0.717) is 40.6 Å². The number of aliphatic hydroxyl groups excluding tert-OH is 2. The molecule has 2 heterocycles. The van der Waals surface area contributed by atoms with Crippen molar-refractivity contribution in [3.63, 3.8) is 0 Å². The number of benzene rings is 2. The van der Waals surface area contributed by atoms with Gasteiger partial charge in [-0.05, 0) is 67.0 Å². The van der Waals surface area contributed by atoms with E-state index >= 15 is 0 Å². The van der Waals surface area contributed by atoms with Gasteiger partial charge in [-0.25, -0.2) is 0 Å². The van der Waals surface area contributed by atoms with E-state index in [2.05, 4.69) is 11.1 Å². The smallest absolute Gasteiger partial charge is 0.141 e. The van der Waals surface area contributed by atoms with Crippen LogP contribution in [0.2, 0.25) is 0 Å². The van der Waals surface area contributed by atoms with Gasteiger partial charge < -0.3 is 24.8 Å². The zero-order chi connectivity index (χ0) is 31.1. The summed E-state index contributed by atoms with van der Waals surface area (Å²) < 4.78 is 30.7. The van der Waals surface area contributed by atoms with Gasteiger partial charge in [0.15, 0.2) is 0 Å². The van der Waals surface area contributed by atoms with E-state index in [1.54, 1.807) is 18.2 Å². The topological polar surface area (TPSA) is 65.8 Å². The number of aryl methyl sites for hydroxylation is 3. The van der Waals surface area contributed by atoms with Crippen molar-refractivity contribution in [1.82, 2.24) is 4.98 Å². The van der Waals surface area contributed by atoms with Crippen LogP contribution in [0.3, 0.4) is 0 Å². The minimum Gasteiger partial charge on any atom is -0.497 e. The molecule has 1 aliphatic rings. The fourth-order valence-corrected chi connectivity index (χ4v) is 3.94. The molecule has 0 amide bonds. The van der Waals surface area contributed by atoms with Crippen LogP contribution in [-0.4, -0.2) is 34.4 Å². The second-order valence-corrected chi connectivity index (χ2v) is 12.5. The first-order valence-electron chi connectivity index (χ1n) is 14.7. The largest absolute Gasteiger partial charge is 0.497 e. The van der Waals surface area contributed by atoms with Gasteiger partial charge in [-0.1, -0.05) is 64.8 Å². The molecule has 0 aliphatic carbocycles. The van der Waals surface area contributed by atoms with Crippen LogP contribution in [-0.2, 0) is 20.1 Å². The number of rotatable bonds is 3. The zero-order valence-electron chi connectivity index (χ0n) is 27.9.